The molecule has 0 fully saturated rings. The second kappa shape index (κ2) is 8.27. The smallest absolute Gasteiger partial charge is 0.191 e. The summed E-state index contributed by atoms with van der Waals surface area (Å²) in [4.78, 5) is 8.91. The molecular weight excluding hydrogens is 291 g/mol. The minimum absolute atomic E-state index is 0.187. The molecule has 0 radical (unpaired) electrons. The SMILES string of the molecule is CCNC(=NCc1ccc(F)c(C)c1)NCc1ncccc1C. The van der Waals surface area contributed by atoms with Crippen molar-refractivity contribution in [2.24, 2.45) is 4.99 Å². The molecule has 0 spiro atoms. The Morgan fingerprint density at radius 2 is 2.00 bits per heavy atom. The number of nitrogens with zero attached hydrogens (tertiary/aromatic N) is 2. The van der Waals surface area contributed by atoms with E-state index in [2.05, 4.69) is 20.6 Å². The quantitative estimate of drug-likeness (QED) is 0.658. The van der Waals surface area contributed by atoms with E-state index < -0.39 is 0 Å². The van der Waals surface area contributed by atoms with Gasteiger partial charge in [0.2, 0.25) is 0 Å². The van der Waals surface area contributed by atoms with Crippen molar-refractivity contribution in [1.29, 1.82) is 0 Å². The molecule has 0 atom stereocenters. The van der Waals surface area contributed by atoms with Gasteiger partial charge >= 0.3 is 0 Å². The van der Waals surface area contributed by atoms with Crippen molar-refractivity contribution in [3.63, 3.8) is 0 Å². The van der Waals surface area contributed by atoms with E-state index in [1.54, 1.807) is 19.2 Å². The largest absolute Gasteiger partial charge is 0.357 e. The number of hydrogen-bond acceptors (Lipinski definition) is 2. The molecule has 0 saturated heterocycles. The molecule has 5 heteroatoms. The van der Waals surface area contributed by atoms with Crippen LogP contribution >= 0.6 is 0 Å². The number of benzene rings is 1. The van der Waals surface area contributed by atoms with Gasteiger partial charge in [-0.25, -0.2) is 9.38 Å². The average molecular weight is 314 g/mol. The maximum Gasteiger partial charge on any atom is 0.191 e. The van der Waals surface area contributed by atoms with Crippen molar-refractivity contribution < 1.29 is 4.39 Å². The third-order valence-electron chi connectivity index (χ3n) is 3.53. The van der Waals surface area contributed by atoms with Gasteiger partial charge in [-0.05, 0) is 49.6 Å². The van der Waals surface area contributed by atoms with Gasteiger partial charge in [0.15, 0.2) is 5.96 Å². The minimum atomic E-state index is -0.187. The first-order valence-electron chi connectivity index (χ1n) is 7.78. The predicted molar refractivity (Wildman–Crippen MR) is 91.8 cm³/mol. The lowest BCUT2D eigenvalue weighted by molar-refractivity contribution is 0.617. The minimum Gasteiger partial charge on any atom is -0.357 e. The van der Waals surface area contributed by atoms with E-state index in [9.17, 15) is 4.39 Å². The Hall–Kier alpha value is -2.43. The number of halogens is 1. The van der Waals surface area contributed by atoms with Crippen LogP contribution in [0.5, 0.6) is 0 Å². The number of aromatic nitrogens is 1. The fraction of sp³-hybridized carbons (Fsp3) is 0.333. The highest BCUT2D eigenvalue weighted by atomic mass is 19.1. The number of aliphatic imine (C=N–C) groups is 1. The lowest BCUT2D eigenvalue weighted by atomic mass is 10.1. The molecule has 0 unspecified atom stereocenters. The van der Waals surface area contributed by atoms with Gasteiger partial charge in [0.05, 0.1) is 18.8 Å². The zero-order chi connectivity index (χ0) is 16.7. The van der Waals surface area contributed by atoms with E-state index >= 15 is 0 Å². The molecule has 0 amide bonds. The van der Waals surface area contributed by atoms with Gasteiger partial charge in [-0.1, -0.05) is 18.2 Å². The number of rotatable bonds is 5. The Kier molecular flexibility index (Phi) is 6.09. The van der Waals surface area contributed by atoms with Crippen LogP contribution in [0.2, 0.25) is 0 Å². The molecule has 1 heterocycles. The number of pyridine rings is 1. The van der Waals surface area contributed by atoms with Gasteiger partial charge in [0.25, 0.3) is 0 Å². The van der Waals surface area contributed by atoms with E-state index in [0.717, 1.165) is 29.3 Å². The lowest BCUT2D eigenvalue weighted by Crippen LogP contribution is -2.37. The van der Waals surface area contributed by atoms with Gasteiger partial charge < -0.3 is 10.6 Å². The van der Waals surface area contributed by atoms with Crippen LogP contribution in [0.25, 0.3) is 0 Å². The van der Waals surface area contributed by atoms with Crippen LogP contribution in [0, 0.1) is 19.7 Å². The molecule has 2 rings (SSSR count). The third-order valence-corrected chi connectivity index (χ3v) is 3.53. The summed E-state index contributed by atoms with van der Waals surface area (Å²) in [5.41, 5.74) is 3.76. The molecule has 2 aromatic rings. The summed E-state index contributed by atoms with van der Waals surface area (Å²) in [5.74, 6) is 0.535. The second-order valence-electron chi connectivity index (χ2n) is 5.40. The van der Waals surface area contributed by atoms with Crippen LogP contribution in [0.1, 0.15) is 29.3 Å². The Balaban J connectivity index is 2.02. The second-order valence-corrected chi connectivity index (χ2v) is 5.40. The molecule has 0 bridgehead atoms. The Morgan fingerprint density at radius 1 is 1.17 bits per heavy atom. The maximum atomic E-state index is 13.3. The summed E-state index contributed by atoms with van der Waals surface area (Å²) in [7, 11) is 0. The van der Waals surface area contributed by atoms with Crippen LogP contribution in [-0.2, 0) is 13.1 Å². The van der Waals surface area contributed by atoms with E-state index in [4.69, 9.17) is 0 Å². The van der Waals surface area contributed by atoms with Gasteiger partial charge in [0, 0.05) is 12.7 Å². The maximum absolute atomic E-state index is 13.3. The molecule has 0 aliphatic heterocycles. The van der Waals surface area contributed by atoms with Crippen LogP contribution in [-0.4, -0.2) is 17.5 Å². The highest BCUT2D eigenvalue weighted by Crippen LogP contribution is 2.10. The van der Waals surface area contributed by atoms with Crippen molar-refractivity contribution in [3.8, 4) is 0 Å². The van der Waals surface area contributed by atoms with Crippen LogP contribution in [0.15, 0.2) is 41.5 Å². The summed E-state index contributed by atoms with van der Waals surface area (Å²) in [6.45, 7) is 7.70. The van der Waals surface area contributed by atoms with E-state index in [-0.39, 0.29) is 5.82 Å². The Bertz CT molecular complexity index is 682. The fourth-order valence-electron chi connectivity index (χ4n) is 2.19. The summed E-state index contributed by atoms with van der Waals surface area (Å²) in [5, 5.41) is 6.48. The number of nitrogens with one attached hydrogen (secondary N) is 2. The molecule has 0 saturated carbocycles. The lowest BCUT2D eigenvalue weighted by Gasteiger charge is -2.12. The first kappa shape index (κ1) is 16.9. The molecule has 23 heavy (non-hydrogen) atoms. The monoisotopic (exact) mass is 314 g/mol. The highest BCUT2D eigenvalue weighted by Gasteiger charge is 2.03. The molecular formula is C18H23FN4. The molecule has 2 N–H and O–H groups in total. The number of guanidine groups is 1. The molecule has 1 aromatic heterocycles. The summed E-state index contributed by atoms with van der Waals surface area (Å²) < 4.78 is 13.3. The first-order chi connectivity index (χ1) is 11.1. The molecule has 122 valence electrons. The normalized spacial score (nSPS) is 11.4. The summed E-state index contributed by atoms with van der Waals surface area (Å²) >= 11 is 0. The zero-order valence-electron chi connectivity index (χ0n) is 13.9. The Labute approximate surface area is 136 Å². The fourth-order valence-corrected chi connectivity index (χ4v) is 2.19. The topological polar surface area (TPSA) is 49.3 Å². The van der Waals surface area contributed by atoms with Crippen molar-refractivity contribution >= 4 is 5.96 Å². The summed E-state index contributed by atoms with van der Waals surface area (Å²) in [6.07, 6.45) is 1.79. The number of aryl methyl sites for hydroxylation is 2. The molecule has 0 aliphatic carbocycles. The number of hydrogen-bond donors (Lipinski definition) is 2. The van der Waals surface area contributed by atoms with Gasteiger partial charge in [-0.3, -0.25) is 4.98 Å². The van der Waals surface area contributed by atoms with Crippen molar-refractivity contribution in [2.45, 2.75) is 33.9 Å². The first-order valence-corrected chi connectivity index (χ1v) is 7.78. The van der Waals surface area contributed by atoms with Crippen LogP contribution < -0.4 is 10.6 Å². The predicted octanol–water partition coefficient (Wildman–Crippen LogP) is 3.09. The van der Waals surface area contributed by atoms with Gasteiger partial charge in [0.1, 0.15) is 5.82 Å². The van der Waals surface area contributed by atoms with Crippen molar-refractivity contribution in [2.75, 3.05) is 6.54 Å². The standard InChI is InChI=1S/C18H23FN4/c1-4-20-18(23-12-17-13(2)6-5-9-21-17)22-11-15-7-8-16(19)14(3)10-15/h5-10H,4,11-12H2,1-3H3,(H2,20,22,23). The van der Waals surface area contributed by atoms with Gasteiger partial charge in [-0.2, -0.15) is 0 Å². The summed E-state index contributed by atoms with van der Waals surface area (Å²) in [6, 6.07) is 9.03. The van der Waals surface area contributed by atoms with E-state index in [1.807, 2.05) is 32.0 Å². The molecule has 4 nitrogen and oxygen atoms in total. The van der Waals surface area contributed by atoms with Crippen molar-refractivity contribution in [3.05, 3.63) is 64.7 Å². The van der Waals surface area contributed by atoms with Crippen molar-refractivity contribution in [1.82, 2.24) is 15.6 Å². The molecule has 1 aromatic carbocycles. The van der Waals surface area contributed by atoms with E-state index in [1.165, 1.54) is 6.07 Å². The zero-order valence-corrected chi connectivity index (χ0v) is 13.9. The van der Waals surface area contributed by atoms with E-state index in [0.29, 0.717) is 18.7 Å². The molecule has 0 aliphatic rings. The Morgan fingerprint density at radius 3 is 2.70 bits per heavy atom. The third kappa shape index (κ3) is 5.06. The van der Waals surface area contributed by atoms with Crippen LogP contribution in [0.3, 0.4) is 0 Å². The highest BCUT2D eigenvalue weighted by molar-refractivity contribution is 5.79. The van der Waals surface area contributed by atoms with Crippen LogP contribution in [0.4, 0.5) is 4.39 Å². The average Bonchev–Trinajstić information content (AvgIpc) is 2.54. The van der Waals surface area contributed by atoms with Gasteiger partial charge in [-0.15, -0.1) is 0 Å².